The lowest BCUT2D eigenvalue weighted by atomic mass is 9.78. The van der Waals surface area contributed by atoms with Gasteiger partial charge in [-0.3, -0.25) is 20.1 Å². The normalized spacial score (nSPS) is 14.8. The molecule has 0 radical (unpaired) electrons. The zero-order valence-corrected chi connectivity index (χ0v) is 65.6. The van der Waals surface area contributed by atoms with Crippen LogP contribution in [0.2, 0.25) is 66.4 Å². The Bertz CT molecular complexity index is 5230. The number of aromatic nitrogens is 13. The zero-order chi connectivity index (χ0) is 71.7. The van der Waals surface area contributed by atoms with Gasteiger partial charge in [0.15, 0.2) is 11.6 Å². The first-order valence-corrected chi connectivity index (χ1v) is 43.9. The van der Waals surface area contributed by atoms with Crippen LogP contribution in [0.3, 0.4) is 0 Å². The maximum absolute atomic E-state index is 6.45. The van der Waals surface area contributed by atoms with Crippen molar-refractivity contribution in [1.29, 1.82) is 0 Å². The van der Waals surface area contributed by atoms with Crippen LogP contribution in [0.15, 0.2) is 177 Å². The highest BCUT2D eigenvalue weighted by molar-refractivity contribution is 14.1. The van der Waals surface area contributed by atoms with Gasteiger partial charge >= 0.3 is 7.12 Å². The summed E-state index contributed by atoms with van der Waals surface area (Å²) >= 11 is 20.6. The number of halogens is 4. The molecule has 0 saturated carbocycles. The van der Waals surface area contributed by atoms with Crippen molar-refractivity contribution in [3.05, 3.63) is 218 Å². The maximum atomic E-state index is 6.45. The van der Waals surface area contributed by atoms with Crippen molar-refractivity contribution in [2.24, 2.45) is 0 Å². The highest BCUT2D eigenvalue weighted by Gasteiger charge is 2.52. The summed E-state index contributed by atoms with van der Waals surface area (Å²) < 4.78 is 29.9. The molecule has 102 heavy (non-hydrogen) atoms. The average molecular weight is 1570 g/mol. The van der Waals surface area contributed by atoms with E-state index < -0.39 is 16.1 Å². The topological polar surface area (TPSA) is 197 Å². The van der Waals surface area contributed by atoms with Gasteiger partial charge in [-0.15, -0.1) is 0 Å². The lowest BCUT2D eigenvalue weighted by Gasteiger charge is -2.32. The van der Waals surface area contributed by atoms with E-state index in [4.69, 9.17) is 68.8 Å². The van der Waals surface area contributed by atoms with Gasteiger partial charge in [-0.05, 0) is 188 Å². The molecule has 17 nitrogen and oxygen atoms in total. The molecular weight excluding hydrogens is 1480 g/mol. The van der Waals surface area contributed by atoms with Crippen LogP contribution in [0.1, 0.15) is 56.0 Å². The second kappa shape index (κ2) is 30.4. The van der Waals surface area contributed by atoms with Crippen molar-refractivity contribution in [3.8, 4) is 45.3 Å². The van der Waals surface area contributed by atoms with Crippen molar-refractivity contribution in [2.45, 2.75) is 129 Å². The third-order valence-electron chi connectivity index (χ3n) is 19.0. The molecule has 1 aliphatic carbocycles. The van der Waals surface area contributed by atoms with Gasteiger partial charge in [0, 0.05) is 103 Å². The van der Waals surface area contributed by atoms with E-state index >= 15 is 0 Å². The van der Waals surface area contributed by atoms with Crippen molar-refractivity contribution in [3.63, 3.8) is 0 Å². The lowest BCUT2D eigenvalue weighted by molar-refractivity contribution is 0.00578. The molecule has 8 aromatic heterocycles. The van der Waals surface area contributed by atoms with Crippen LogP contribution < -0.4 is 5.46 Å². The fraction of sp³-hybridized carbons (Fsp3) is 0.282. The Balaban J connectivity index is 0.000000131. The molecular formula is C78H82BCl3IN13O4Si2. The van der Waals surface area contributed by atoms with E-state index in [1.807, 2.05) is 71.4 Å². The van der Waals surface area contributed by atoms with E-state index in [0.29, 0.717) is 29.4 Å². The summed E-state index contributed by atoms with van der Waals surface area (Å²) in [6, 6.07) is 49.0. The predicted octanol–water partition coefficient (Wildman–Crippen LogP) is 19.6. The number of ether oxygens (including phenoxy) is 2. The lowest BCUT2D eigenvalue weighted by Crippen LogP contribution is -2.41. The molecule has 1 fully saturated rings. The van der Waals surface area contributed by atoms with Gasteiger partial charge in [-0.25, -0.2) is 19.3 Å². The Hall–Kier alpha value is -7.94. The zero-order valence-electron chi connectivity index (χ0n) is 59.2. The number of nitrogens with zero attached hydrogens (tertiary/aromatic N) is 10. The number of pyridine rings is 3. The molecule has 0 spiro atoms. The largest absolute Gasteiger partial charge is 0.494 e. The minimum absolute atomic E-state index is 0.361. The van der Waals surface area contributed by atoms with Crippen LogP contribution in [-0.2, 0) is 45.1 Å². The first kappa shape index (κ1) is 72.4. The summed E-state index contributed by atoms with van der Waals surface area (Å²) in [5, 5.41) is 22.8. The molecule has 16 rings (SSSR count). The summed E-state index contributed by atoms with van der Waals surface area (Å²) in [4.78, 5) is 28.5. The number of aromatic amines is 3. The second-order valence-corrected chi connectivity index (χ2v) is 43.0. The van der Waals surface area contributed by atoms with E-state index in [9.17, 15) is 0 Å². The first-order valence-electron chi connectivity index (χ1n) is 34.3. The van der Waals surface area contributed by atoms with Crippen molar-refractivity contribution in [2.75, 3.05) is 13.2 Å². The number of H-pyrrole nitrogens is 3. The van der Waals surface area contributed by atoms with E-state index in [2.05, 4.69) is 196 Å². The number of nitrogens with one attached hydrogen (secondary N) is 3. The highest BCUT2D eigenvalue weighted by atomic mass is 127. The van der Waals surface area contributed by atoms with Crippen LogP contribution in [0, 0.1) is 10.5 Å². The van der Waals surface area contributed by atoms with Gasteiger partial charge < -0.3 is 28.8 Å². The maximum Gasteiger partial charge on any atom is 0.494 e. The fourth-order valence-electron chi connectivity index (χ4n) is 12.5. The van der Waals surface area contributed by atoms with Gasteiger partial charge in [0.2, 0.25) is 0 Å². The molecule has 0 amide bonds. The molecule has 522 valence electrons. The molecule has 9 heterocycles. The average Bonchev–Trinajstić information content (AvgIpc) is 1.62. The predicted molar refractivity (Wildman–Crippen MR) is 429 cm³/mol. The van der Waals surface area contributed by atoms with Crippen LogP contribution >= 0.6 is 57.4 Å². The van der Waals surface area contributed by atoms with Crippen LogP contribution in [-0.4, -0.2) is 112 Å². The van der Waals surface area contributed by atoms with Crippen LogP contribution in [0.25, 0.3) is 100 Å². The van der Waals surface area contributed by atoms with Gasteiger partial charge in [0.1, 0.15) is 24.8 Å². The Morgan fingerprint density at radius 1 is 0.569 bits per heavy atom. The summed E-state index contributed by atoms with van der Waals surface area (Å²) in [5.41, 5.74) is 18.0. The number of hydrogen-bond acceptors (Lipinski definition) is 12. The number of fused-ring (bicyclic) bond motifs is 6. The van der Waals surface area contributed by atoms with Gasteiger partial charge in [-0.1, -0.05) is 141 Å². The van der Waals surface area contributed by atoms with E-state index in [1.54, 1.807) is 55.4 Å². The van der Waals surface area contributed by atoms with Crippen molar-refractivity contribution >= 4 is 141 Å². The number of hydrogen-bond donors (Lipinski definition) is 3. The summed E-state index contributed by atoms with van der Waals surface area (Å²) in [6.45, 7) is 27.2. The monoisotopic (exact) mass is 1560 g/mol. The smallest absolute Gasteiger partial charge is 0.399 e. The molecule has 14 aromatic rings. The number of imidazole rings is 2. The Morgan fingerprint density at radius 2 is 1.11 bits per heavy atom. The van der Waals surface area contributed by atoms with Crippen molar-refractivity contribution in [1.82, 2.24) is 64.6 Å². The quantitative estimate of drug-likeness (QED) is 0.0471. The molecule has 2 aliphatic rings. The van der Waals surface area contributed by atoms with Gasteiger partial charge in [-0.2, -0.15) is 15.3 Å². The Labute approximate surface area is 625 Å². The molecule has 1 unspecified atom stereocenters. The van der Waals surface area contributed by atoms with Gasteiger partial charge in [0.25, 0.3) is 0 Å². The standard InChI is InChI=1S/C29H41BN2O3Si.C25H26ClN5OSi.C19H12ClN5.C5H3ClIN/c1-20-10-9-11-21-16-22(17-24(20)21)27-25-18-23(30-34-28(2,3)29(4,5)35-30)12-13-26(25)32(31-27)19-33-14-15-36(6,7)8;1-33(2,3)13-12-32-16-31-23-9-8-17(19-15-27-11-10-20(19)26)14-18(23)24(30-31)25-28-21-6-4-5-7-22(21)29-25;20-14-7-8-21-10-13(14)11-5-6-15-12(9-11)18(25-24-15)19-22-16-3-1-2-4-17(16)23-19;6-4-1-2-8-3-5(4)7/h9-13,18,22H,14-17,19H2,1-8H3;4-11,14-15H,12-13,16H2,1-3H3,(H,28,29);1-10H,(H,22,23)(H,24,25);1-3H. The third-order valence-corrected chi connectivity index (χ3v) is 24.6. The SMILES string of the molecule is C[Si](C)(C)CCOCn1nc(-c2nc3ccccc3[nH]2)c2cc(-c3cnccc3Cl)ccc21.Cc1cccc2c1CC(c1nn(COCC[Si](C)(C)C)c3ccc(B4OC(C)(C)C(C)(C)O4)cc13)C2.Clc1ccncc1-c1ccc2[nH]nc(-c3nc4ccccc4[nH]3)c2c1.Clc1ccncc1I. The molecule has 1 atom stereocenters. The Morgan fingerprint density at radius 3 is 1.67 bits per heavy atom. The summed E-state index contributed by atoms with van der Waals surface area (Å²) in [5.74, 6) is 1.83. The van der Waals surface area contributed by atoms with E-state index in [0.717, 1.165) is 153 Å². The highest BCUT2D eigenvalue weighted by Crippen LogP contribution is 2.41. The number of rotatable bonds is 16. The summed E-state index contributed by atoms with van der Waals surface area (Å²) in [7, 11) is -2.67. The van der Waals surface area contributed by atoms with Gasteiger partial charge in [0.05, 0.1) is 70.6 Å². The molecule has 1 saturated heterocycles. The minimum Gasteiger partial charge on any atom is -0.399 e. The van der Waals surface area contributed by atoms with Crippen molar-refractivity contribution < 1.29 is 18.8 Å². The van der Waals surface area contributed by atoms with E-state index in [-0.39, 0.29) is 18.3 Å². The third kappa shape index (κ3) is 16.4. The molecule has 3 N–H and O–H groups in total. The molecule has 0 bridgehead atoms. The first-order chi connectivity index (χ1) is 48.8. The Kier molecular flexibility index (Phi) is 21.6. The number of benzene rings is 6. The fourth-order valence-corrected chi connectivity index (χ4v) is 14.9. The number of aryl methyl sites for hydroxylation is 1. The molecule has 1 aliphatic heterocycles. The second-order valence-electron chi connectivity index (χ2n) is 29.4. The van der Waals surface area contributed by atoms with Crippen LogP contribution in [0.4, 0.5) is 0 Å². The number of para-hydroxylation sites is 4. The van der Waals surface area contributed by atoms with E-state index in [1.165, 1.54) is 22.1 Å². The molecule has 24 heteroatoms. The molecule has 6 aromatic carbocycles. The van der Waals surface area contributed by atoms with Crippen LogP contribution in [0.5, 0.6) is 0 Å². The minimum atomic E-state index is -1.15. The summed E-state index contributed by atoms with van der Waals surface area (Å²) in [6.07, 6.45) is 12.4.